The van der Waals surface area contributed by atoms with E-state index in [4.69, 9.17) is 0 Å². The van der Waals surface area contributed by atoms with Crippen LogP contribution in [0.1, 0.15) is 23.0 Å². The highest BCUT2D eigenvalue weighted by atomic mass is 19.1. The quantitative estimate of drug-likeness (QED) is 0.571. The largest absolute Gasteiger partial charge is 0.342 e. The van der Waals surface area contributed by atoms with E-state index in [0.717, 1.165) is 16.3 Å². The molecule has 0 saturated carbocycles. The summed E-state index contributed by atoms with van der Waals surface area (Å²) in [4.78, 5) is 17.2. The van der Waals surface area contributed by atoms with Gasteiger partial charge in [0, 0.05) is 19.4 Å². The summed E-state index contributed by atoms with van der Waals surface area (Å²) in [6.07, 6.45) is 3.70. The molecule has 0 aliphatic rings. The molecule has 0 spiro atoms. The highest BCUT2D eigenvalue weighted by Crippen LogP contribution is 2.23. The van der Waals surface area contributed by atoms with Crippen LogP contribution < -0.4 is 5.32 Å². The fourth-order valence-electron chi connectivity index (χ4n) is 3.47. The van der Waals surface area contributed by atoms with Crippen LogP contribution in [0.3, 0.4) is 0 Å². The van der Waals surface area contributed by atoms with Gasteiger partial charge in [0.25, 0.3) is 0 Å². The van der Waals surface area contributed by atoms with Crippen LogP contribution in [0, 0.1) is 5.82 Å². The average Bonchev–Trinajstić information content (AvgIpc) is 3.12. The molecule has 4 aromatic rings. The molecular weight excluding hydrogens is 353 g/mol. The van der Waals surface area contributed by atoms with E-state index in [1.54, 1.807) is 24.5 Å². The number of fused-ring (bicyclic) bond motifs is 1. The molecule has 3 aromatic carbocycles. The molecule has 4 nitrogen and oxygen atoms in total. The van der Waals surface area contributed by atoms with E-state index >= 15 is 0 Å². The number of rotatable bonds is 5. The van der Waals surface area contributed by atoms with Gasteiger partial charge in [0.15, 0.2) is 0 Å². The Balaban J connectivity index is 1.63. The zero-order chi connectivity index (χ0) is 19.5. The highest BCUT2D eigenvalue weighted by molar-refractivity contribution is 5.90. The maximum absolute atomic E-state index is 13.8. The predicted octanol–water partition coefficient (Wildman–Crippen LogP) is 4.16. The molecule has 0 bridgehead atoms. The third-order valence-electron chi connectivity index (χ3n) is 4.83. The van der Waals surface area contributed by atoms with E-state index < -0.39 is 6.04 Å². The first-order chi connectivity index (χ1) is 13.6. The van der Waals surface area contributed by atoms with Crippen molar-refractivity contribution in [1.82, 2.24) is 14.9 Å². The molecule has 0 saturated heterocycles. The number of carbonyl (C=O) groups excluding carboxylic acids is 1. The topological polar surface area (TPSA) is 46.9 Å². The molecule has 1 heterocycles. The molecule has 4 rings (SSSR count). The van der Waals surface area contributed by atoms with Gasteiger partial charge in [-0.15, -0.1) is 0 Å². The summed E-state index contributed by atoms with van der Waals surface area (Å²) in [5, 5.41) is 5.18. The standard InChI is InChI=1S/C23H20FN3O/c1-27-13-12-25-23(27)22(18-9-5-10-19(24)14-18)26-21(28)15-17-8-4-7-16-6-2-3-11-20(16)17/h2-14,22H,15H2,1H3,(H,26,28)/t22-/m1/s1. The van der Waals surface area contributed by atoms with E-state index in [1.807, 2.05) is 54.1 Å². The number of aromatic nitrogens is 2. The molecule has 0 aliphatic heterocycles. The summed E-state index contributed by atoms with van der Waals surface area (Å²) in [7, 11) is 1.85. The van der Waals surface area contributed by atoms with Crippen molar-refractivity contribution in [1.29, 1.82) is 0 Å². The molecule has 1 amide bonds. The molecular formula is C23H20FN3O. The smallest absolute Gasteiger partial charge is 0.225 e. The van der Waals surface area contributed by atoms with Crippen LogP contribution >= 0.6 is 0 Å². The molecule has 5 heteroatoms. The van der Waals surface area contributed by atoms with Gasteiger partial charge in [0.05, 0.1) is 6.42 Å². The van der Waals surface area contributed by atoms with E-state index in [0.29, 0.717) is 11.4 Å². The number of benzene rings is 3. The third kappa shape index (κ3) is 3.64. The molecule has 0 fully saturated rings. The number of amides is 1. The Morgan fingerprint density at radius 1 is 1.11 bits per heavy atom. The Morgan fingerprint density at radius 3 is 2.68 bits per heavy atom. The molecule has 0 aliphatic carbocycles. The minimum absolute atomic E-state index is 0.145. The molecule has 28 heavy (non-hydrogen) atoms. The second kappa shape index (κ2) is 7.64. The van der Waals surface area contributed by atoms with E-state index in [2.05, 4.69) is 10.3 Å². The van der Waals surface area contributed by atoms with Gasteiger partial charge in [0.1, 0.15) is 17.7 Å². The van der Waals surface area contributed by atoms with E-state index in [9.17, 15) is 9.18 Å². The van der Waals surface area contributed by atoms with Gasteiger partial charge in [-0.3, -0.25) is 4.79 Å². The third-order valence-corrected chi connectivity index (χ3v) is 4.83. The SMILES string of the molecule is Cn1ccnc1[C@H](NC(=O)Cc1cccc2ccccc12)c1cccc(F)c1. The maximum Gasteiger partial charge on any atom is 0.225 e. The zero-order valence-corrected chi connectivity index (χ0v) is 15.5. The lowest BCUT2D eigenvalue weighted by Crippen LogP contribution is -2.32. The lowest BCUT2D eigenvalue weighted by atomic mass is 10.0. The predicted molar refractivity (Wildman–Crippen MR) is 107 cm³/mol. The lowest BCUT2D eigenvalue weighted by molar-refractivity contribution is -0.121. The van der Waals surface area contributed by atoms with Crippen molar-refractivity contribution < 1.29 is 9.18 Å². The van der Waals surface area contributed by atoms with E-state index in [1.165, 1.54) is 12.1 Å². The van der Waals surface area contributed by atoms with Crippen LogP contribution in [0.15, 0.2) is 79.1 Å². The number of imidazole rings is 1. The number of hydrogen-bond donors (Lipinski definition) is 1. The van der Waals surface area contributed by atoms with Gasteiger partial charge in [-0.1, -0.05) is 54.6 Å². The summed E-state index contributed by atoms with van der Waals surface area (Å²) in [5.74, 6) is 0.158. The molecule has 1 N–H and O–H groups in total. The second-order valence-electron chi connectivity index (χ2n) is 6.77. The number of nitrogens with one attached hydrogen (secondary N) is 1. The van der Waals surface area contributed by atoms with Crippen molar-refractivity contribution in [3.8, 4) is 0 Å². The number of nitrogens with zero attached hydrogens (tertiary/aromatic N) is 2. The first kappa shape index (κ1) is 17.9. The second-order valence-corrected chi connectivity index (χ2v) is 6.77. The van der Waals surface area contributed by atoms with Gasteiger partial charge in [-0.25, -0.2) is 9.37 Å². The summed E-state index contributed by atoms with van der Waals surface area (Å²) in [6.45, 7) is 0. The Bertz CT molecular complexity index is 1130. The first-order valence-electron chi connectivity index (χ1n) is 9.10. The fraction of sp³-hybridized carbons (Fsp3) is 0.130. The Morgan fingerprint density at radius 2 is 1.89 bits per heavy atom. The number of carbonyl (C=O) groups is 1. The van der Waals surface area contributed by atoms with Crippen molar-refractivity contribution >= 4 is 16.7 Å². The summed E-state index contributed by atoms with van der Waals surface area (Å²) < 4.78 is 15.6. The Labute approximate surface area is 162 Å². The van der Waals surface area contributed by atoms with Gasteiger partial charge < -0.3 is 9.88 Å². The van der Waals surface area contributed by atoms with Crippen LogP contribution in [-0.2, 0) is 18.3 Å². The monoisotopic (exact) mass is 373 g/mol. The molecule has 1 aromatic heterocycles. The molecule has 140 valence electrons. The van der Waals surface area contributed by atoms with Gasteiger partial charge in [0.2, 0.25) is 5.91 Å². The molecule has 0 radical (unpaired) electrons. The van der Waals surface area contributed by atoms with Gasteiger partial charge in [-0.2, -0.15) is 0 Å². The van der Waals surface area contributed by atoms with Crippen molar-refractivity contribution in [3.63, 3.8) is 0 Å². The molecule has 0 unspecified atom stereocenters. The number of hydrogen-bond acceptors (Lipinski definition) is 2. The maximum atomic E-state index is 13.8. The van der Waals surface area contributed by atoms with Crippen LogP contribution in [0.2, 0.25) is 0 Å². The van der Waals surface area contributed by atoms with Crippen molar-refractivity contribution in [2.24, 2.45) is 7.05 Å². The summed E-state index contributed by atoms with van der Waals surface area (Å²) >= 11 is 0. The summed E-state index contributed by atoms with van der Waals surface area (Å²) in [6, 6.07) is 19.6. The van der Waals surface area contributed by atoms with Crippen molar-refractivity contribution in [3.05, 3.63) is 102 Å². The number of aryl methyl sites for hydroxylation is 1. The van der Waals surface area contributed by atoms with Gasteiger partial charge in [-0.05, 0) is 34.0 Å². The molecule has 1 atom stereocenters. The minimum atomic E-state index is -0.529. The van der Waals surface area contributed by atoms with Crippen LogP contribution in [0.25, 0.3) is 10.8 Å². The first-order valence-corrected chi connectivity index (χ1v) is 9.10. The normalized spacial score (nSPS) is 12.1. The van der Waals surface area contributed by atoms with E-state index in [-0.39, 0.29) is 18.1 Å². The fourth-order valence-corrected chi connectivity index (χ4v) is 3.47. The minimum Gasteiger partial charge on any atom is -0.342 e. The zero-order valence-electron chi connectivity index (χ0n) is 15.5. The summed E-state index contributed by atoms with van der Waals surface area (Å²) in [5.41, 5.74) is 1.61. The van der Waals surface area contributed by atoms with Gasteiger partial charge >= 0.3 is 0 Å². The average molecular weight is 373 g/mol. The van der Waals surface area contributed by atoms with Crippen LogP contribution in [-0.4, -0.2) is 15.5 Å². The van der Waals surface area contributed by atoms with Crippen molar-refractivity contribution in [2.75, 3.05) is 0 Å². The highest BCUT2D eigenvalue weighted by Gasteiger charge is 2.21. The Kier molecular flexibility index (Phi) is 4.89. The lowest BCUT2D eigenvalue weighted by Gasteiger charge is -2.19. The van der Waals surface area contributed by atoms with Crippen LogP contribution in [0.4, 0.5) is 4.39 Å². The Hall–Kier alpha value is -3.47. The van der Waals surface area contributed by atoms with Crippen molar-refractivity contribution in [2.45, 2.75) is 12.5 Å². The van der Waals surface area contributed by atoms with Crippen LogP contribution in [0.5, 0.6) is 0 Å². The number of halogens is 1.